The predicted octanol–water partition coefficient (Wildman–Crippen LogP) is 2.77. The van der Waals surface area contributed by atoms with Gasteiger partial charge in [0, 0.05) is 12.3 Å². The van der Waals surface area contributed by atoms with Crippen molar-refractivity contribution >= 4 is 22.9 Å². The van der Waals surface area contributed by atoms with Crippen molar-refractivity contribution in [2.45, 2.75) is 19.4 Å². The van der Waals surface area contributed by atoms with Crippen molar-refractivity contribution in [3.05, 3.63) is 30.1 Å². The molecular formula is C12H14FNOS. The maximum Gasteiger partial charge on any atom is 0.123 e. The van der Waals surface area contributed by atoms with Crippen LogP contribution in [0.5, 0.6) is 0 Å². The van der Waals surface area contributed by atoms with Gasteiger partial charge >= 0.3 is 0 Å². The third kappa shape index (κ3) is 2.39. The fourth-order valence-corrected chi connectivity index (χ4v) is 2.23. The van der Waals surface area contributed by atoms with Gasteiger partial charge in [0.05, 0.1) is 17.6 Å². The Hall–Kier alpha value is -1.00. The standard InChI is InChI=1S/C12H14FNOS/c1-9(16)14(12-6-7-15-8-12)11-4-2-10(13)3-5-11/h2-5,12H,6-8H2,1H3. The van der Waals surface area contributed by atoms with Crippen LogP contribution < -0.4 is 4.90 Å². The van der Waals surface area contributed by atoms with E-state index in [-0.39, 0.29) is 11.9 Å². The van der Waals surface area contributed by atoms with Gasteiger partial charge in [-0.25, -0.2) is 4.39 Å². The average Bonchev–Trinajstić information content (AvgIpc) is 2.74. The summed E-state index contributed by atoms with van der Waals surface area (Å²) in [6.07, 6.45) is 0.964. The molecule has 0 spiro atoms. The lowest BCUT2D eigenvalue weighted by atomic mass is 10.2. The molecule has 1 aliphatic rings. The van der Waals surface area contributed by atoms with Crippen LogP contribution >= 0.6 is 12.2 Å². The summed E-state index contributed by atoms with van der Waals surface area (Å²) >= 11 is 5.25. The summed E-state index contributed by atoms with van der Waals surface area (Å²) in [6, 6.07) is 6.70. The Morgan fingerprint density at radius 1 is 1.44 bits per heavy atom. The number of ether oxygens (including phenoxy) is 1. The molecule has 0 amide bonds. The van der Waals surface area contributed by atoms with Crippen LogP contribution in [0.15, 0.2) is 24.3 Å². The Morgan fingerprint density at radius 3 is 2.62 bits per heavy atom. The monoisotopic (exact) mass is 239 g/mol. The second-order valence-corrected chi connectivity index (χ2v) is 4.47. The van der Waals surface area contributed by atoms with Crippen LogP contribution in [0.3, 0.4) is 0 Å². The quantitative estimate of drug-likeness (QED) is 0.736. The molecule has 0 aliphatic carbocycles. The summed E-state index contributed by atoms with van der Waals surface area (Å²) < 4.78 is 18.2. The van der Waals surface area contributed by atoms with Gasteiger partial charge in [-0.1, -0.05) is 12.2 Å². The third-order valence-corrected chi connectivity index (χ3v) is 2.91. The summed E-state index contributed by atoms with van der Waals surface area (Å²) in [7, 11) is 0. The van der Waals surface area contributed by atoms with Gasteiger partial charge in [-0.2, -0.15) is 0 Å². The highest BCUT2D eigenvalue weighted by Gasteiger charge is 2.24. The van der Waals surface area contributed by atoms with Gasteiger partial charge in [0.1, 0.15) is 5.82 Å². The number of halogens is 1. The van der Waals surface area contributed by atoms with Gasteiger partial charge in [-0.15, -0.1) is 0 Å². The summed E-state index contributed by atoms with van der Waals surface area (Å²) in [5, 5.41) is 0. The first kappa shape index (κ1) is 11.5. The van der Waals surface area contributed by atoms with E-state index in [9.17, 15) is 4.39 Å². The normalized spacial score (nSPS) is 19.8. The lowest BCUT2D eigenvalue weighted by Gasteiger charge is -2.29. The van der Waals surface area contributed by atoms with Crippen LogP contribution in [-0.4, -0.2) is 24.2 Å². The van der Waals surface area contributed by atoms with E-state index in [4.69, 9.17) is 17.0 Å². The average molecular weight is 239 g/mol. The molecule has 0 bridgehead atoms. The number of hydrogen-bond donors (Lipinski definition) is 0. The maximum absolute atomic E-state index is 12.9. The first-order valence-electron chi connectivity index (χ1n) is 5.31. The van der Waals surface area contributed by atoms with E-state index in [1.54, 1.807) is 12.1 Å². The van der Waals surface area contributed by atoms with E-state index in [1.165, 1.54) is 12.1 Å². The fourth-order valence-electron chi connectivity index (χ4n) is 1.98. The number of anilines is 1. The third-order valence-electron chi connectivity index (χ3n) is 2.71. The summed E-state index contributed by atoms with van der Waals surface area (Å²) in [6.45, 7) is 3.34. The van der Waals surface area contributed by atoms with Crippen LogP contribution in [0.25, 0.3) is 0 Å². The topological polar surface area (TPSA) is 12.5 Å². The smallest absolute Gasteiger partial charge is 0.123 e. The number of hydrogen-bond acceptors (Lipinski definition) is 2. The molecule has 16 heavy (non-hydrogen) atoms. The molecule has 2 nitrogen and oxygen atoms in total. The number of rotatable bonds is 2. The van der Waals surface area contributed by atoms with E-state index in [0.717, 1.165) is 23.7 Å². The lowest BCUT2D eigenvalue weighted by Crippen LogP contribution is -2.38. The van der Waals surface area contributed by atoms with Crippen LogP contribution in [0.2, 0.25) is 0 Å². The Morgan fingerprint density at radius 2 is 2.12 bits per heavy atom. The molecule has 86 valence electrons. The van der Waals surface area contributed by atoms with Crippen molar-refractivity contribution in [1.82, 2.24) is 0 Å². The SMILES string of the molecule is CC(=S)N(c1ccc(F)cc1)C1CCOC1. The van der Waals surface area contributed by atoms with Gasteiger partial charge in [-0.05, 0) is 37.6 Å². The highest BCUT2D eigenvalue weighted by atomic mass is 32.1. The van der Waals surface area contributed by atoms with Crippen molar-refractivity contribution in [2.75, 3.05) is 18.1 Å². The number of nitrogens with zero attached hydrogens (tertiary/aromatic N) is 1. The molecule has 4 heteroatoms. The summed E-state index contributed by atoms with van der Waals surface area (Å²) in [4.78, 5) is 2.84. The molecule has 1 aromatic rings. The second kappa shape index (κ2) is 4.89. The van der Waals surface area contributed by atoms with Gasteiger partial charge in [0.2, 0.25) is 0 Å². The zero-order valence-electron chi connectivity index (χ0n) is 9.15. The minimum Gasteiger partial charge on any atom is -0.379 e. The van der Waals surface area contributed by atoms with Crippen LogP contribution in [0.1, 0.15) is 13.3 Å². The molecule has 1 unspecified atom stereocenters. The Bertz CT molecular complexity index is 373. The highest BCUT2D eigenvalue weighted by molar-refractivity contribution is 7.80. The molecule has 1 saturated heterocycles. The first-order chi connectivity index (χ1) is 7.68. The second-order valence-electron chi connectivity index (χ2n) is 3.88. The van der Waals surface area contributed by atoms with Crippen LogP contribution in [-0.2, 0) is 4.74 Å². The van der Waals surface area contributed by atoms with E-state index >= 15 is 0 Å². The maximum atomic E-state index is 12.9. The van der Waals surface area contributed by atoms with Gasteiger partial charge in [-0.3, -0.25) is 0 Å². The minimum atomic E-state index is -0.228. The Labute approximate surface area is 100 Å². The Balaban J connectivity index is 2.24. The molecule has 1 heterocycles. The molecule has 0 saturated carbocycles. The van der Waals surface area contributed by atoms with Crippen LogP contribution in [0.4, 0.5) is 10.1 Å². The Kier molecular flexibility index (Phi) is 3.51. The predicted molar refractivity (Wildman–Crippen MR) is 66.4 cm³/mol. The van der Waals surface area contributed by atoms with Crippen LogP contribution in [0, 0.1) is 5.82 Å². The van der Waals surface area contributed by atoms with Crippen molar-refractivity contribution in [3.8, 4) is 0 Å². The van der Waals surface area contributed by atoms with Crippen molar-refractivity contribution < 1.29 is 9.13 Å². The molecule has 1 fully saturated rings. The fraction of sp³-hybridized carbons (Fsp3) is 0.417. The molecule has 1 aliphatic heterocycles. The first-order valence-corrected chi connectivity index (χ1v) is 5.72. The largest absolute Gasteiger partial charge is 0.379 e. The summed E-state index contributed by atoms with van der Waals surface area (Å²) in [5.41, 5.74) is 0.935. The van der Waals surface area contributed by atoms with Crippen molar-refractivity contribution in [3.63, 3.8) is 0 Å². The van der Waals surface area contributed by atoms with Crippen molar-refractivity contribution in [1.29, 1.82) is 0 Å². The minimum absolute atomic E-state index is 0.228. The van der Waals surface area contributed by atoms with Crippen molar-refractivity contribution in [2.24, 2.45) is 0 Å². The lowest BCUT2D eigenvalue weighted by molar-refractivity contribution is 0.194. The van der Waals surface area contributed by atoms with Gasteiger partial charge < -0.3 is 9.64 Å². The molecule has 0 aromatic heterocycles. The van der Waals surface area contributed by atoms with Gasteiger partial charge in [0.25, 0.3) is 0 Å². The zero-order valence-corrected chi connectivity index (χ0v) is 9.97. The number of thiocarbonyl (C=S) groups is 1. The van der Waals surface area contributed by atoms with E-state index in [2.05, 4.69) is 0 Å². The number of benzene rings is 1. The van der Waals surface area contributed by atoms with E-state index in [0.29, 0.717) is 6.61 Å². The summed E-state index contributed by atoms with van der Waals surface area (Å²) in [5.74, 6) is -0.228. The highest BCUT2D eigenvalue weighted by Crippen LogP contribution is 2.22. The molecule has 2 rings (SSSR count). The van der Waals surface area contributed by atoms with E-state index in [1.807, 2.05) is 11.8 Å². The molecule has 1 atom stereocenters. The molecule has 0 N–H and O–H groups in total. The van der Waals surface area contributed by atoms with Gasteiger partial charge in [0.15, 0.2) is 0 Å². The molecular weight excluding hydrogens is 225 g/mol. The zero-order chi connectivity index (χ0) is 11.5. The molecule has 1 aromatic carbocycles. The molecule has 0 radical (unpaired) electrons. The van der Waals surface area contributed by atoms with E-state index < -0.39 is 0 Å².